The lowest BCUT2D eigenvalue weighted by Gasteiger charge is -2.30. The van der Waals surface area contributed by atoms with Crippen LogP contribution in [0, 0.1) is 0 Å². The number of esters is 1. The van der Waals surface area contributed by atoms with E-state index in [-0.39, 0.29) is 24.9 Å². The summed E-state index contributed by atoms with van der Waals surface area (Å²) in [5.41, 5.74) is 0. The van der Waals surface area contributed by atoms with Crippen LogP contribution < -0.4 is 10.2 Å². The van der Waals surface area contributed by atoms with Gasteiger partial charge in [0.15, 0.2) is 0 Å². The van der Waals surface area contributed by atoms with Gasteiger partial charge in [0, 0.05) is 12.8 Å². The van der Waals surface area contributed by atoms with Crippen LogP contribution in [0.5, 0.6) is 0 Å². The second-order valence-corrected chi connectivity index (χ2v) is 24.6. The number of nitrogens with zero attached hydrogens (tertiary/aromatic N) is 1. The Kier molecular flexibility index (Phi) is 56.8. The zero-order valence-corrected chi connectivity index (χ0v) is 53.7. The van der Waals surface area contributed by atoms with E-state index in [2.05, 4.69) is 111 Å². The molecule has 0 fully saturated rings. The molecule has 0 rings (SSSR count). The monoisotopic (exact) mass is 1140 g/mol. The molecule has 1 N–H and O–H groups in total. The number of nitrogens with one attached hydrogen (secondary N) is 1. The van der Waals surface area contributed by atoms with E-state index in [0.717, 1.165) is 109 Å². The fraction of sp³-hybridized carbons (Fsp3) is 0.743. The Morgan fingerprint density at radius 3 is 1.23 bits per heavy atom. The summed E-state index contributed by atoms with van der Waals surface area (Å²) in [5, 5.41) is 3.02. The third-order valence-corrected chi connectivity index (χ3v) is 15.2. The van der Waals surface area contributed by atoms with Crippen molar-refractivity contribution in [3.63, 3.8) is 0 Å². The number of amides is 1. The Hall–Kier alpha value is -3.07. The minimum atomic E-state index is -4.71. The highest BCUT2D eigenvalue weighted by Gasteiger charge is 2.27. The molecule has 0 bridgehead atoms. The van der Waals surface area contributed by atoms with Gasteiger partial charge >= 0.3 is 5.97 Å². The highest BCUT2D eigenvalue weighted by molar-refractivity contribution is 7.45. The SMILES string of the molecule is CC/C=C\C/C=C\C/C=C\C/C=C\C/C=C\C/C=C\CCCCCCCCCCC(=O)OC(/C=C\CCCCCCCCCCCCC)C(COP(=O)([O-])OCC[N+](C)(C)C)NC(=O)CCCCC/C=C\CCCCCCCCC. The van der Waals surface area contributed by atoms with E-state index in [1.807, 2.05) is 33.3 Å². The highest BCUT2D eigenvalue weighted by atomic mass is 31.2. The maximum absolute atomic E-state index is 13.5. The second-order valence-electron chi connectivity index (χ2n) is 23.2. The minimum Gasteiger partial charge on any atom is -0.756 e. The minimum absolute atomic E-state index is 0.0298. The summed E-state index contributed by atoms with van der Waals surface area (Å²) in [7, 11) is 1.16. The van der Waals surface area contributed by atoms with Crippen molar-refractivity contribution in [3.05, 3.63) is 97.2 Å². The van der Waals surface area contributed by atoms with Crippen molar-refractivity contribution < 1.29 is 37.3 Å². The van der Waals surface area contributed by atoms with Crippen molar-refractivity contribution in [1.82, 2.24) is 5.32 Å². The first-order valence-electron chi connectivity index (χ1n) is 33.0. The van der Waals surface area contributed by atoms with Gasteiger partial charge in [0.05, 0.1) is 33.8 Å². The molecule has 0 saturated heterocycles. The normalized spacial score (nSPS) is 14.2. The number of rotatable bonds is 59. The molecular weight excluding hydrogens is 1010 g/mol. The van der Waals surface area contributed by atoms with Gasteiger partial charge in [-0.25, -0.2) is 0 Å². The molecule has 1 amide bonds. The van der Waals surface area contributed by atoms with Gasteiger partial charge in [0.25, 0.3) is 7.82 Å². The molecule has 0 aromatic carbocycles. The Bertz CT molecular complexity index is 1690. The molecule has 3 atom stereocenters. The molecular formula is C70H125N2O7P. The summed E-state index contributed by atoms with van der Waals surface area (Å²) in [6.07, 6.45) is 79.5. The van der Waals surface area contributed by atoms with E-state index >= 15 is 0 Å². The van der Waals surface area contributed by atoms with E-state index < -0.39 is 26.6 Å². The molecule has 0 aromatic rings. The molecule has 10 heteroatoms. The van der Waals surface area contributed by atoms with Gasteiger partial charge in [-0.15, -0.1) is 0 Å². The van der Waals surface area contributed by atoms with Crippen molar-refractivity contribution in [3.8, 4) is 0 Å². The molecule has 0 aliphatic carbocycles. The number of ether oxygens (including phenoxy) is 1. The third kappa shape index (κ3) is 59.5. The Morgan fingerprint density at radius 1 is 0.450 bits per heavy atom. The third-order valence-electron chi connectivity index (χ3n) is 14.2. The predicted octanol–water partition coefficient (Wildman–Crippen LogP) is 20.1. The van der Waals surface area contributed by atoms with E-state index in [0.29, 0.717) is 30.3 Å². The molecule has 462 valence electrons. The number of likely N-dealkylation sites (N-methyl/N-ethyl adjacent to an activating group) is 1. The topological polar surface area (TPSA) is 114 Å². The van der Waals surface area contributed by atoms with Crippen molar-refractivity contribution in [2.45, 2.75) is 296 Å². The van der Waals surface area contributed by atoms with E-state index in [4.69, 9.17) is 13.8 Å². The highest BCUT2D eigenvalue weighted by Crippen LogP contribution is 2.38. The average Bonchev–Trinajstić information content (AvgIpc) is 3.42. The number of hydrogen-bond acceptors (Lipinski definition) is 7. The zero-order chi connectivity index (χ0) is 58.6. The number of phosphoric acid groups is 1. The fourth-order valence-corrected chi connectivity index (χ4v) is 9.89. The van der Waals surface area contributed by atoms with Crippen molar-refractivity contribution in [1.29, 1.82) is 0 Å². The predicted molar refractivity (Wildman–Crippen MR) is 344 cm³/mol. The van der Waals surface area contributed by atoms with Crippen LogP contribution >= 0.6 is 7.82 Å². The Morgan fingerprint density at radius 2 is 0.800 bits per heavy atom. The molecule has 9 nitrogen and oxygen atoms in total. The molecule has 0 aromatic heterocycles. The lowest BCUT2D eigenvalue weighted by Crippen LogP contribution is -2.47. The first-order valence-corrected chi connectivity index (χ1v) is 34.5. The van der Waals surface area contributed by atoms with Gasteiger partial charge in [0.2, 0.25) is 5.91 Å². The maximum atomic E-state index is 13.5. The largest absolute Gasteiger partial charge is 0.756 e. The first-order chi connectivity index (χ1) is 38.9. The fourth-order valence-electron chi connectivity index (χ4n) is 9.17. The zero-order valence-electron chi connectivity index (χ0n) is 52.8. The van der Waals surface area contributed by atoms with Crippen molar-refractivity contribution in [2.75, 3.05) is 40.9 Å². The summed E-state index contributed by atoms with van der Waals surface area (Å²) in [6, 6.07) is -0.904. The number of unbranched alkanes of at least 4 members (excludes halogenated alkanes) is 29. The number of carbonyl (C=O) groups is 2. The lowest BCUT2D eigenvalue weighted by atomic mass is 10.0. The van der Waals surface area contributed by atoms with E-state index in [1.165, 1.54) is 128 Å². The smallest absolute Gasteiger partial charge is 0.306 e. The molecule has 80 heavy (non-hydrogen) atoms. The number of hydrogen-bond donors (Lipinski definition) is 1. The molecule has 0 spiro atoms. The van der Waals surface area contributed by atoms with Crippen molar-refractivity contribution in [2.24, 2.45) is 0 Å². The number of quaternary nitrogens is 1. The van der Waals surface area contributed by atoms with Gasteiger partial charge in [-0.3, -0.25) is 14.2 Å². The van der Waals surface area contributed by atoms with Gasteiger partial charge in [0.1, 0.15) is 19.3 Å². The summed E-state index contributed by atoms with van der Waals surface area (Å²) in [4.78, 5) is 40.0. The molecule has 0 radical (unpaired) electrons. The van der Waals surface area contributed by atoms with Crippen LogP contribution in [-0.2, 0) is 27.9 Å². The molecule has 3 unspecified atom stereocenters. The number of phosphoric ester groups is 1. The number of carbonyl (C=O) groups excluding carboxylic acids is 2. The Balaban J connectivity index is 5.16. The van der Waals surface area contributed by atoms with Gasteiger partial charge in [-0.05, 0) is 109 Å². The van der Waals surface area contributed by atoms with Gasteiger partial charge < -0.3 is 28.5 Å². The summed E-state index contributed by atoms with van der Waals surface area (Å²) >= 11 is 0. The molecule has 0 heterocycles. The summed E-state index contributed by atoms with van der Waals surface area (Å²) in [5.74, 6) is -0.569. The van der Waals surface area contributed by atoms with Gasteiger partial charge in [-0.1, -0.05) is 260 Å². The van der Waals surface area contributed by atoms with Crippen LogP contribution in [0.25, 0.3) is 0 Å². The van der Waals surface area contributed by atoms with Crippen LogP contribution in [0.15, 0.2) is 97.2 Å². The van der Waals surface area contributed by atoms with Crippen LogP contribution in [-0.4, -0.2) is 69.4 Å². The number of allylic oxidation sites excluding steroid dienone is 15. The lowest BCUT2D eigenvalue weighted by molar-refractivity contribution is -0.870. The molecule has 0 saturated carbocycles. The first kappa shape index (κ1) is 76.9. The average molecular weight is 1140 g/mol. The van der Waals surface area contributed by atoms with Crippen LogP contribution in [0.1, 0.15) is 284 Å². The van der Waals surface area contributed by atoms with Crippen LogP contribution in [0.4, 0.5) is 0 Å². The standard InChI is InChI=1S/C70H125N2O7P/c1-7-10-13-16-19-22-25-28-30-31-32-33-34-35-36-37-38-39-40-41-42-45-48-51-54-57-60-63-70(74)79-68(61-58-55-52-49-46-43-27-24-21-18-15-12-9-3)67(66-78-80(75,76)77-65-64-72(4,5)6)71-69(73)62-59-56-53-50-47-44-29-26-23-20-17-14-11-8-2/h10,13,19,22,28,30,32-33,35-36,38-39,44,47,58,61,67-68H,7-9,11-12,14-18,20-21,23-27,29,31,34,37,40-43,45-46,48-57,59-60,62-66H2,1-6H3,(H-,71,73,75,76)/b13-10-,22-19-,30-28-,33-32-,36-35-,39-38-,47-44-,61-58-. The van der Waals surface area contributed by atoms with E-state index in [9.17, 15) is 19.0 Å². The molecule has 0 aliphatic rings. The summed E-state index contributed by atoms with van der Waals surface area (Å²) in [6.45, 7) is 6.71. The Labute approximate surface area is 494 Å². The summed E-state index contributed by atoms with van der Waals surface area (Å²) < 4.78 is 30.3. The van der Waals surface area contributed by atoms with Crippen molar-refractivity contribution >= 4 is 19.7 Å². The molecule has 0 aliphatic heterocycles. The van der Waals surface area contributed by atoms with E-state index in [1.54, 1.807) is 0 Å². The quantitative estimate of drug-likeness (QED) is 0.0212. The maximum Gasteiger partial charge on any atom is 0.306 e. The second kappa shape index (κ2) is 59.1. The van der Waals surface area contributed by atoms with Crippen LogP contribution in [0.3, 0.4) is 0 Å². The van der Waals surface area contributed by atoms with Gasteiger partial charge in [-0.2, -0.15) is 0 Å². The van der Waals surface area contributed by atoms with Crippen LogP contribution in [0.2, 0.25) is 0 Å².